The molecule has 1 fully saturated rings. The van der Waals surface area contributed by atoms with Crippen LogP contribution in [-0.4, -0.2) is 58.1 Å². The van der Waals surface area contributed by atoms with E-state index >= 15 is 0 Å². The Morgan fingerprint density at radius 2 is 2.07 bits per heavy atom. The Morgan fingerprint density at radius 1 is 1.18 bits per heavy atom. The highest BCUT2D eigenvalue weighted by Gasteiger charge is 2.32. The van der Waals surface area contributed by atoms with Crippen molar-refractivity contribution in [3.8, 4) is 11.3 Å². The number of rotatable bonds is 5. The fourth-order valence-electron chi connectivity index (χ4n) is 3.09. The van der Waals surface area contributed by atoms with Gasteiger partial charge in [-0.25, -0.2) is 9.67 Å². The minimum Gasteiger partial charge on any atom is -0.377 e. The van der Waals surface area contributed by atoms with E-state index in [1.54, 1.807) is 24.7 Å². The van der Waals surface area contributed by atoms with E-state index in [0.29, 0.717) is 24.9 Å². The molecule has 0 aliphatic carbocycles. The fraction of sp³-hybridized carbons (Fsp3) is 0.316. The lowest BCUT2D eigenvalue weighted by Gasteiger charge is -2.21. The maximum atomic E-state index is 12.5. The summed E-state index contributed by atoms with van der Waals surface area (Å²) in [5, 5.41) is 7.84. The Hall–Kier alpha value is -3.33. The van der Waals surface area contributed by atoms with Crippen LogP contribution in [0, 0.1) is 0 Å². The van der Waals surface area contributed by atoms with Crippen LogP contribution < -0.4 is 15.8 Å². The van der Waals surface area contributed by atoms with Crippen molar-refractivity contribution >= 4 is 11.8 Å². The van der Waals surface area contributed by atoms with Gasteiger partial charge in [-0.15, -0.1) is 0 Å². The molecule has 0 spiro atoms. The van der Waals surface area contributed by atoms with Crippen LogP contribution in [-0.2, 0) is 4.74 Å². The van der Waals surface area contributed by atoms with Crippen LogP contribution in [0.4, 0.5) is 11.8 Å². The van der Waals surface area contributed by atoms with Crippen molar-refractivity contribution in [2.24, 2.45) is 0 Å². The van der Waals surface area contributed by atoms with Crippen molar-refractivity contribution in [2.45, 2.75) is 12.1 Å². The van der Waals surface area contributed by atoms with Gasteiger partial charge in [-0.2, -0.15) is 10.1 Å². The predicted octanol–water partition coefficient (Wildman–Crippen LogP) is 1.21. The summed E-state index contributed by atoms with van der Waals surface area (Å²) in [5.41, 5.74) is 1.35. The Balaban J connectivity index is 1.62. The number of pyridine rings is 1. The molecule has 0 saturated carbocycles. The summed E-state index contributed by atoms with van der Waals surface area (Å²) in [5.74, 6) is 1.28. The maximum absolute atomic E-state index is 12.5. The summed E-state index contributed by atoms with van der Waals surface area (Å²) in [7, 11) is 3.84. The van der Waals surface area contributed by atoms with Gasteiger partial charge in [0.15, 0.2) is 0 Å². The number of aromatic nitrogens is 5. The van der Waals surface area contributed by atoms with Crippen LogP contribution in [0.2, 0.25) is 0 Å². The second-order valence-electron chi connectivity index (χ2n) is 6.73. The molecule has 2 atom stereocenters. The average molecular weight is 379 g/mol. The first-order valence-electron chi connectivity index (χ1n) is 8.97. The first-order valence-corrected chi connectivity index (χ1v) is 8.97. The van der Waals surface area contributed by atoms with Crippen LogP contribution in [0.5, 0.6) is 0 Å². The molecule has 144 valence electrons. The van der Waals surface area contributed by atoms with E-state index in [-0.39, 0.29) is 17.6 Å². The monoisotopic (exact) mass is 379 g/mol. The van der Waals surface area contributed by atoms with E-state index in [9.17, 15) is 4.79 Å². The first kappa shape index (κ1) is 18.1. The third kappa shape index (κ3) is 3.70. The van der Waals surface area contributed by atoms with E-state index in [1.807, 2.05) is 37.2 Å². The van der Waals surface area contributed by atoms with E-state index in [0.717, 1.165) is 11.4 Å². The summed E-state index contributed by atoms with van der Waals surface area (Å²) < 4.78 is 7.11. The summed E-state index contributed by atoms with van der Waals surface area (Å²) in [6.45, 7) is 0.819. The molecule has 1 aliphatic rings. The molecule has 3 aromatic heterocycles. The smallest absolute Gasteiger partial charge is 0.267 e. The van der Waals surface area contributed by atoms with Gasteiger partial charge >= 0.3 is 0 Å². The van der Waals surface area contributed by atoms with Crippen molar-refractivity contribution in [3.05, 3.63) is 59.3 Å². The SMILES string of the molecule is CN(C)c1ccnc(NC2COCC2n2nc(-c3cccnc3)ccc2=O)n1. The normalized spacial score (nSPS) is 18.8. The standard InChI is InChI=1S/C19H21N7O2/c1-25(2)17-7-9-21-19(23-17)22-15-11-28-12-16(15)26-18(27)6-5-14(24-26)13-4-3-8-20-10-13/h3-10,15-16H,11-12H2,1-2H3,(H,21,22,23). The molecule has 2 unspecified atom stereocenters. The highest BCUT2D eigenvalue weighted by Crippen LogP contribution is 2.22. The third-order valence-corrected chi connectivity index (χ3v) is 4.56. The lowest BCUT2D eigenvalue weighted by molar-refractivity contribution is 0.183. The number of hydrogen-bond acceptors (Lipinski definition) is 8. The number of anilines is 2. The van der Waals surface area contributed by atoms with Gasteiger partial charge in [0.1, 0.15) is 11.9 Å². The topological polar surface area (TPSA) is 98.1 Å². The predicted molar refractivity (Wildman–Crippen MR) is 105 cm³/mol. The van der Waals surface area contributed by atoms with Gasteiger partial charge in [0.25, 0.3) is 5.56 Å². The zero-order valence-corrected chi connectivity index (χ0v) is 15.7. The second-order valence-corrected chi connectivity index (χ2v) is 6.73. The summed E-state index contributed by atoms with van der Waals surface area (Å²) in [6.07, 6.45) is 5.12. The Morgan fingerprint density at radius 3 is 2.86 bits per heavy atom. The molecule has 28 heavy (non-hydrogen) atoms. The number of ether oxygens (including phenoxy) is 1. The second kappa shape index (κ2) is 7.73. The van der Waals surface area contributed by atoms with Gasteiger partial charge in [-0.3, -0.25) is 9.78 Å². The molecule has 9 nitrogen and oxygen atoms in total. The lowest BCUT2D eigenvalue weighted by atomic mass is 10.1. The van der Waals surface area contributed by atoms with E-state index in [2.05, 4.69) is 25.4 Å². The zero-order chi connectivity index (χ0) is 19.5. The molecule has 4 heterocycles. The van der Waals surface area contributed by atoms with E-state index in [1.165, 1.54) is 10.7 Å². The Kier molecular flexibility index (Phi) is 4.98. The zero-order valence-electron chi connectivity index (χ0n) is 15.7. The molecule has 1 aliphatic heterocycles. The van der Waals surface area contributed by atoms with Crippen LogP contribution in [0.15, 0.2) is 53.7 Å². The van der Waals surface area contributed by atoms with Crippen LogP contribution in [0.25, 0.3) is 11.3 Å². The van der Waals surface area contributed by atoms with Crippen molar-refractivity contribution in [1.29, 1.82) is 0 Å². The lowest BCUT2D eigenvalue weighted by Crippen LogP contribution is -2.37. The summed E-state index contributed by atoms with van der Waals surface area (Å²) in [6, 6.07) is 8.36. The summed E-state index contributed by atoms with van der Waals surface area (Å²) in [4.78, 5) is 27.3. The van der Waals surface area contributed by atoms with Crippen LogP contribution in [0.3, 0.4) is 0 Å². The largest absolute Gasteiger partial charge is 0.377 e. The van der Waals surface area contributed by atoms with Gasteiger partial charge < -0.3 is 15.0 Å². The highest BCUT2D eigenvalue weighted by atomic mass is 16.5. The molecular formula is C19H21N7O2. The van der Waals surface area contributed by atoms with Gasteiger partial charge in [-0.1, -0.05) is 0 Å². The third-order valence-electron chi connectivity index (χ3n) is 4.56. The van der Waals surface area contributed by atoms with Crippen molar-refractivity contribution in [2.75, 3.05) is 37.5 Å². The highest BCUT2D eigenvalue weighted by molar-refractivity contribution is 5.56. The van der Waals surface area contributed by atoms with Crippen molar-refractivity contribution in [3.63, 3.8) is 0 Å². The van der Waals surface area contributed by atoms with Crippen LogP contribution in [0.1, 0.15) is 6.04 Å². The number of hydrogen-bond donors (Lipinski definition) is 1. The fourth-order valence-corrected chi connectivity index (χ4v) is 3.09. The Bertz CT molecular complexity index is 1010. The minimum atomic E-state index is -0.268. The van der Waals surface area contributed by atoms with Gasteiger partial charge in [-0.05, 0) is 24.3 Å². The summed E-state index contributed by atoms with van der Waals surface area (Å²) >= 11 is 0. The van der Waals surface area contributed by atoms with Crippen molar-refractivity contribution < 1.29 is 4.74 Å². The van der Waals surface area contributed by atoms with Gasteiger partial charge in [0.05, 0.1) is 24.9 Å². The van der Waals surface area contributed by atoms with Crippen molar-refractivity contribution in [1.82, 2.24) is 24.7 Å². The molecule has 9 heteroatoms. The molecule has 1 N–H and O–H groups in total. The number of nitrogens with one attached hydrogen (secondary N) is 1. The molecule has 0 aromatic carbocycles. The van der Waals surface area contributed by atoms with Gasteiger partial charge in [0, 0.05) is 44.3 Å². The average Bonchev–Trinajstić information content (AvgIpc) is 3.17. The molecular weight excluding hydrogens is 358 g/mol. The van der Waals surface area contributed by atoms with Gasteiger partial charge in [0.2, 0.25) is 5.95 Å². The van der Waals surface area contributed by atoms with E-state index < -0.39 is 0 Å². The maximum Gasteiger partial charge on any atom is 0.267 e. The molecule has 3 aromatic rings. The molecule has 0 amide bonds. The van der Waals surface area contributed by atoms with E-state index in [4.69, 9.17) is 4.74 Å². The first-order chi connectivity index (χ1) is 13.6. The molecule has 4 rings (SSSR count). The Labute approximate surface area is 162 Å². The molecule has 1 saturated heterocycles. The minimum absolute atomic E-state index is 0.174. The van der Waals surface area contributed by atoms with Crippen LogP contribution >= 0.6 is 0 Å². The quantitative estimate of drug-likeness (QED) is 0.706. The molecule has 0 bridgehead atoms. The molecule has 0 radical (unpaired) electrons. The number of nitrogens with zero attached hydrogens (tertiary/aromatic N) is 6.